The summed E-state index contributed by atoms with van der Waals surface area (Å²) in [7, 11) is 0. The first kappa shape index (κ1) is 20.5. The van der Waals surface area contributed by atoms with Crippen molar-refractivity contribution in [3.05, 3.63) is 84.5 Å². The molecular formula is C24H25IO3. The molecule has 3 N–H and O–H groups in total. The Morgan fingerprint density at radius 2 is 0.821 bits per heavy atom. The van der Waals surface area contributed by atoms with Gasteiger partial charge >= 0.3 is 0 Å². The summed E-state index contributed by atoms with van der Waals surface area (Å²) in [4.78, 5) is 0. The zero-order valence-electron chi connectivity index (χ0n) is 16.8. The molecule has 0 aliphatic carbocycles. The van der Waals surface area contributed by atoms with Crippen LogP contribution in [0.15, 0.2) is 36.4 Å². The van der Waals surface area contributed by atoms with E-state index in [2.05, 4.69) is 22.6 Å². The number of hydrogen-bond donors (Lipinski definition) is 3. The average molecular weight is 488 g/mol. The highest BCUT2D eigenvalue weighted by molar-refractivity contribution is 14.1. The third-order valence-electron chi connectivity index (χ3n) is 5.30. The van der Waals surface area contributed by atoms with Crippen LogP contribution >= 0.6 is 22.6 Å². The maximum Gasteiger partial charge on any atom is 0.131 e. The van der Waals surface area contributed by atoms with E-state index in [9.17, 15) is 15.3 Å². The predicted octanol–water partition coefficient (Wildman–Crippen LogP) is 6.13. The van der Waals surface area contributed by atoms with Crippen molar-refractivity contribution >= 4 is 22.6 Å². The number of phenolic OH excluding ortho intramolecular Hbond substituents is 3. The van der Waals surface area contributed by atoms with Crippen molar-refractivity contribution in [2.24, 2.45) is 0 Å². The van der Waals surface area contributed by atoms with Gasteiger partial charge in [0.1, 0.15) is 17.2 Å². The van der Waals surface area contributed by atoms with Crippen LogP contribution in [0, 0.1) is 38.2 Å². The zero-order chi connectivity index (χ0) is 20.7. The molecule has 28 heavy (non-hydrogen) atoms. The molecule has 0 amide bonds. The molecule has 0 atom stereocenters. The van der Waals surface area contributed by atoms with Crippen molar-refractivity contribution in [3.63, 3.8) is 0 Å². The van der Waals surface area contributed by atoms with Crippen molar-refractivity contribution < 1.29 is 15.3 Å². The standard InChI is InChI=1S/C24H25IO3/c1-12-6-17(7-13(2)22(12)26)21(18-8-14(3)23(27)15(4)9-18)19-10-16(5)24(28)20(25)11-19/h6-11,21,26-28H,1-5H3. The van der Waals surface area contributed by atoms with Gasteiger partial charge < -0.3 is 15.3 Å². The molecule has 4 heteroatoms. The second-order valence-electron chi connectivity index (χ2n) is 7.61. The molecule has 0 aliphatic heterocycles. The number of aromatic hydroxyl groups is 3. The Morgan fingerprint density at radius 1 is 0.536 bits per heavy atom. The lowest BCUT2D eigenvalue weighted by Gasteiger charge is -2.23. The molecule has 3 aromatic rings. The summed E-state index contributed by atoms with van der Waals surface area (Å²) in [6.45, 7) is 9.52. The molecule has 0 saturated heterocycles. The Morgan fingerprint density at radius 3 is 1.14 bits per heavy atom. The fourth-order valence-corrected chi connectivity index (χ4v) is 4.60. The molecule has 0 spiro atoms. The van der Waals surface area contributed by atoms with Gasteiger partial charge in [0, 0.05) is 5.92 Å². The molecule has 3 nitrogen and oxygen atoms in total. The average Bonchev–Trinajstić information content (AvgIpc) is 2.62. The minimum Gasteiger partial charge on any atom is -0.507 e. The lowest BCUT2D eigenvalue weighted by molar-refractivity contribution is 0.466. The van der Waals surface area contributed by atoms with Crippen molar-refractivity contribution in [2.75, 3.05) is 0 Å². The van der Waals surface area contributed by atoms with Gasteiger partial charge in [0.2, 0.25) is 0 Å². The van der Waals surface area contributed by atoms with Gasteiger partial charge in [0.15, 0.2) is 0 Å². The summed E-state index contributed by atoms with van der Waals surface area (Å²) in [6, 6.07) is 12.1. The molecule has 3 aromatic carbocycles. The summed E-state index contributed by atoms with van der Waals surface area (Å²) >= 11 is 2.16. The van der Waals surface area contributed by atoms with Crippen molar-refractivity contribution in [1.29, 1.82) is 0 Å². The largest absolute Gasteiger partial charge is 0.507 e. The monoisotopic (exact) mass is 488 g/mol. The summed E-state index contributed by atoms with van der Waals surface area (Å²) in [5, 5.41) is 30.7. The highest BCUT2D eigenvalue weighted by Gasteiger charge is 2.22. The first-order valence-electron chi connectivity index (χ1n) is 9.19. The van der Waals surface area contributed by atoms with Gasteiger partial charge in [0.05, 0.1) is 3.57 Å². The topological polar surface area (TPSA) is 60.7 Å². The Balaban J connectivity index is 2.32. The van der Waals surface area contributed by atoms with E-state index in [0.29, 0.717) is 17.2 Å². The molecule has 3 rings (SSSR count). The van der Waals surface area contributed by atoms with Crippen LogP contribution in [0.4, 0.5) is 0 Å². The number of rotatable bonds is 3. The Hall–Kier alpha value is -2.21. The van der Waals surface area contributed by atoms with Crippen molar-refractivity contribution in [1.82, 2.24) is 0 Å². The Bertz CT molecular complexity index is 864. The molecule has 146 valence electrons. The molecule has 0 fully saturated rings. The van der Waals surface area contributed by atoms with Crippen LogP contribution in [0.5, 0.6) is 17.2 Å². The third kappa shape index (κ3) is 3.70. The lowest BCUT2D eigenvalue weighted by Crippen LogP contribution is -2.06. The van der Waals surface area contributed by atoms with E-state index in [1.165, 1.54) is 0 Å². The second-order valence-corrected chi connectivity index (χ2v) is 8.77. The summed E-state index contributed by atoms with van der Waals surface area (Å²) in [6.07, 6.45) is 0. The molecule has 0 unspecified atom stereocenters. The lowest BCUT2D eigenvalue weighted by atomic mass is 9.82. The van der Waals surface area contributed by atoms with Gasteiger partial charge in [-0.15, -0.1) is 0 Å². The summed E-state index contributed by atoms with van der Waals surface area (Å²) < 4.78 is 0.803. The van der Waals surface area contributed by atoms with Gasteiger partial charge in [-0.3, -0.25) is 0 Å². The highest BCUT2D eigenvalue weighted by Crippen LogP contribution is 2.40. The van der Waals surface area contributed by atoms with Gasteiger partial charge in [0.25, 0.3) is 0 Å². The van der Waals surface area contributed by atoms with E-state index in [0.717, 1.165) is 48.1 Å². The molecule has 0 aliphatic rings. The molecule has 0 saturated carbocycles. The van der Waals surface area contributed by atoms with Gasteiger partial charge in [-0.2, -0.15) is 0 Å². The van der Waals surface area contributed by atoms with Crippen LogP contribution in [-0.4, -0.2) is 15.3 Å². The fourth-order valence-electron chi connectivity index (χ4n) is 3.82. The van der Waals surface area contributed by atoms with E-state index in [1.54, 1.807) is 0 Å². The number of phenols is 3. The van der Waals surface area contributed by atoms with Crippen LogP contribution < -0.4 is 0 Å². The number of hydrogen-bond acceptors (Lipinski definition) is 3. The quantitative estimate of drug-likeness (QED) is 0.307. The van der Waals surface area contributed by atoms with Crippen LogP contribution in [0.3, 0.4) is 0 Å². The van der Waals surface area contributed by atoms with E-state index in [1.807, 2.05) is 71.0 Å². The Labute approximate surface area is 179 Å². The van der Waals surface area contributed by atoms with Gasteiger partial charge in [-0.05, 0) is 108 Å². The zero-order valence-corrected chi connectivity index (χ0v) is 18.9. The first-order valence-corrected chi connectivity index (χ1v) is 10.3. The molecular weight excluding hydrogens is 463 g/mol. The Kier molecular flexibility index (Phi) is 5.62. The normalized spacial score (nSPS) is 11.2. The van der Waals surface area contributed by atoms with E-state index in [-0.39, 0.29) is 5.92 Å². The van der Waals surface area contributed by atoms with Crippen molar-refractivity contribution in [3.8, 4) is 17.2 Å². The van der Waals surface area contributed by atoms with E-state index in [4.69, 9.17) is 0 Å². The van der Waals surface area contributed by atoms with Gasteiger partial charge in [-0.25, -0.2) is 0 Å². The number of benzene rings is 3. The SMILES string of the molecule is Cc1cc(C(c2cc(C)c(O)c(C)c2)c2cc(C)c(O)c(I)c2)cc(C)c1O. The second kappa shape index (κ2) is 7.66. The minimum absolute atomic E-state index is 0.0798. The maximum atomic E-state index is 10.2. The van der Waals surface area contributed by atoms with Crippen LogP contribution in [0.1, 0.15) is 50.4 Å². The maximum absolute atomic E-state index is 10.2. The highest BCUT2D eigenvalue weighted by atomic mass is 127. The smallest absolute Gasteiger partial charge is 0.131 e. The first-order chi connectivity index (χ1) is 13.1. The fraction of sp³-hybridized carbons (Fsp3) is 0.250. The number of aryl methyl sites for hydroxylation is 5. The molecule has 0 bridgehead atoms. The molecule has 0 heterocycles. The van der Waals surface area contributed by atoms with Crippen LogP contribution in [-0.2, 0) is 0 Å². The van der Waals surface area contributed by atoms with Crippen LogP contribution in [0.2, 0.25) is 0 Å². The minimum atomic E-state index is -0.0798. The summed E-state index contributed by atoms with van der Waals surface area (Å²) in [5.41, 5.74) is 7.35. The molecule has 0 radical (unpaired) electrons. The van der Waals surface area contributed by atoms with Crippen molar-refractivity contribution in [2.45, 2.75) is 40.5 Å². The van der Waals surface area contributed by atoms with E-state index >= 15 is 0 Å². The number of halogens is 1. The molecule has 0 aromatic heterocycles. The van der Waals surface area contributed by atoms with E-state index < -0.39 is 0 Å². The predicted molar refractivity (Wildman–Crippen MR) is 122 cm³/mol. The van der Waals surface area contributed by atoms with Crippen LogP contribution in [0.25, 0.3) is 0 Å². The third-order valence-corrected chi connectivity index (χ3v) is 6.13. The van der Waals surface area contributed by atoms with Gasteiger partial charge in [-0.1, -0.05) is 30.3 Å². The summed E-state index contributed by atoms with van der Waals surface area (Å²) in [5.74, 6) is 0.858.